The lowest BCUT2D eigenvalue weighted by Gasteiger charge is -2.21. The summed E-state index contributed by atoms with van der Waals surface area (Å²) < 4.78 is 0. The van der Waals surface area contributed by atoms with Gasteiger partial charge in [-0.2, -0.15) is 0 Å². The standard InChI is InChI=1S/C24H24ClN3O2/c1-3-28(21-10-5-4-6-11-21)24(30)18-8-7-9-20(14-18)27-23(29)16-26-22-15-19(25)13-12-17(22)2/h4-15,26H,3,16H2,1-2H3,(H,27,29). The average Bonchev–Trinajstić information content (AvgIpc) is 2.76. The van der Waals surface area contributed by atoms with Gasteiger partial charge in [0, 0.05) is 34.2 Å². The molecule has 2 amide bonds. The van der Waals surface area contributed by atoms with Crippen molar-refractivity contribution in [3.8, 4) is 0 Å². The number of hydrogen-bond acceptors (Lipinski definition) is 3. The van der Waals surface area contributed by atoms with E-state index in [9.17, 15) is 9.59 Å². The number of rotatable bonds is 7. The van der Waals surface area contributed by atoms with E-state index in [2.05, 4.69) is 10.6 Å². The van der Waals surface area contributed by atoms with Crippen LogP contribution in [0.25, 0.3) is 0 Å². The summed E-state index contributed by atoms with van der Waals surface area (Å²) in [7, 11) is 0. The summed E-state index contributed by atoms with van der Waals surface area (Å²) >= 11 is 6.01. The lowest BCUT2D eigenvalue weighted by atomic mass is 10.1. The summed E-state index contributed by atoms with van der Waals surface area (Å²) in [4.78, 5) is 27.1. The molecule has 154 valence electrons. The number of nitrogens with zero attached hydrogens (tertiary/aromatic N) is 1. The Morgan fingerprint density at radius 1 is 0.967 bits per heavy atom. The van der Waals surface area contributed by atoms with Crippen LogP contribution < -0.4 is 15.5 Å². The number of nitrogens with one attached hydrogen (secondary N) is 2. The van der Waals surface area contributed by atoms with Crippen LogP contribution >= 0.6 is 11.6 Å². The van der Waals surface area contributed by atoms with Crippen molar-refractivity contribution < 1.29 is 9.59 Å². The predicted molar refractivity (Wildman–Crippen MR) is 124 cm³/mol. The minimum Gasteiger partial charge on any atom is -0.376 e. The number of amides is 2. The van der Waals surface area contributed by atoms with Crippen LogP contribution in [0.1, 0.15) is 22.8 Å². The molecule has 0 saturated carbocycles. The van der Waals surface area contributed by atoms with Gasteiger partial charge >= 0.3 is 0 Å². The highest BCUT2D eigenvalue weighted by atomic mass is 35.5. The SMILES string of the molecule is CCN(C(=O)c1cccc(NC(=O)CNc2cc(Cl)ccc2C)c1)c1ccccc1. The second-order valence-corrected chi connectivity index (χ2v) is 7.26. The van der Waals surface area contributed by atoms with Crippen LogP contribution in [0.4, 0.5) is 17.1 Å². The molecule has 3 aromatic carbocycles. The summed E-state index contributed by atoms with van der Waals surface area (Å²) in [5, 5.41) is 6.53. The molecule has 0 atom stereocenters. The number of anilines is 3. The zero-order valence-corrected chi connectivity index (χ0v) is 17.7. The molecule has 2 N–H and O–H groups in total. The maximum atomic E-state index is 13.0. The van der Waals surface area contributed by atoms with Crippen LogP contribution in [0, 0.1) is 6.92 Å². The first-order valence-corrected chi connectivity index (χ1v) is 10.1. The number of hydrogen-bond donors (Lipinski definition) is 2. The van der Waals surface area contributed by atoms with Crippen molar-refractivity contribution in [1.82, 2.24) is 0 Å². The Morgan fingerprint density at radius 3 is 2.47 bits per heavy atom. The van der Waals surface area contributed by atoms with Crippen molar-refractivity contribution >= 4 is 40.5 Å². The molecule has 0 radical (unpaired) electrons. The number of halogens is 1. The largest absolute Gasteiger partial charge is 0.376 e. The first kappa shape index (κ1) is 21.4. The van der Waals surface area contributed by atoms with Gasteiger partial charge in [-0.15, -0.1) is 0 Å². The molecule has 3 aromatic rings. The Morgan fingerprint density at radius 2 is 1.73 bits per heavy atom. The third-order valence-corrected chi connectivity index (χ3v) is 4.90. The fourth-order valence-electron chi connectivity index (χ4n) is 3.10. The van der Waals surface area contributed by atoms with Gasteiger partial charge in [-0.05, 0) is 61.9 Å². The van der Waals surface area contributed by atoms with E-state index >= 15 is 0 Å². The molecule has 3 rings (SSSR count). The Hall–Kier alpha value is -3.31. The third-order valence-electron chi connectivity index (χ3n) is 4.66. The fourth-order valence-corrected chi connectivity index (χ4v) is 3.27. The molecular weight excluding hydrogens is 398 g/mol. The van der Waals surface area contributed by atoms with Crippen molar-refractivity contribution in [2.75, 3.05) is 28.6 Å². The minimum absolute atomic E-state index is 0.0878. The van der Waals surface area contributed by atoms with Gasteiger partial charge in [0.15, 0.2) is 0 Å². The minimum atomic E-state index is -0.214. The molecule has 0 saturated heterocycles. The van der Waals surface area contributed by atoms with Crippen LogP contribution in [0.3, 0.4) is 0 Å². The maximum absolute atomic E-state index is 13.0. The molecule has 0 heterocycles. The molecule has 0 aliphatic carbocycles. The van der Waals surface area contributed by atoms with E-state index in [1.54, 1.807) is 41.3 Å². The van der Waals surface area contributed by atoms with Gasteiger partial charge in [-0.25, -0.2) is 0 Å². The lowest BCUT2D eigenvalue weighted by Crippen LogP contribution is -2.30. The topological polar surface area (TPSA) is 61.4 Å². The summed E-state index contributed by atoms with van der Waals surface area (Å²) in [6.07, 6.45) is 0. The second-order valence-electron chi connectivity index (χ2n) is 6.83. The monoisotopic (exact) mass is 421 g/mol. The normalized spacial score (nSPS) is 10.4. The summed E-state index contributed by atoms with van der Waals surface area (Å²) in [5.41, 5.74) is 3.72. The quantitative estimate of drug-likeness (QED) is 0.539. The van der Waals surface area contributed by atoms with Crippen molar-refractivity contribution in [2.45, 2.75) is 13.8 Å². The van der Waals surface area contributed by atoms with Gasteiger partial charge in [0.05, 0.1) is 6.54 Å². The van der Waals surface area contributed by atoms with Crippen molar-refractivity contribution in [2.24, 2.45) is 0 Å². The Balaban J connectivity index is 1.66. The number of carbonyl (C=O) groups excluding carboxylic acids is 2. The third kappa shape index (κ3) is 5.39. The van der Waals surface area contributed by atoms with E-state index in [-0.39, 0.29) is 18.4 Å². The van der Waals surface area contributed by atoms with Gasteiger partial charge in [0.2, 0.25) is 5.91 Å². The molecule has 30 heavy (non-hydrogen) atoms. The van der Waals surface area contributed by atoms with Crippen LogP contribution in [-0.4, -0.2) is 24.9 Å². The lowest BCUT2D eigenvalue weighted by molar-refractivity contribution is -0.114. The number of aryl methyl sites for hydroxylation is 1. The number of carbonyl (C=O) groups is 2. The zero-order chi connectivity index (χ0) is 21.5. The second kappa shape index (κ2) is 9.94. The van der Waals surface area contributed by atoms with Crippen LogP contribution in [0.15, 0.2) is 72.8 Å². The summed E-state index contributed by atoms with van der Waals surface area (Å²) in [6, 6.07) is 22.0. The molecule has 5 nitrogen and oxygen atoms in total. The molecule has 0 bridgehead atoms. The fraction of sp³-hybridized carbons (Fsp3) is 0.167. The summed E-state index contributed by atoms with van der Waals surface area (Å²) in [5.74, 6) is -0.332. The van der Waals surface area contributed by atoms with Gasteiger partial charge in [-0.1, -0.05) is 41.9 Å². The van der Waals surface area contributed by atoms with Gasteiger partial charge < -0.3 is 15.5 Å². The van der Waals surface area contributed by atoms with Gasteiger partial charge in [0.25, 0.3) is 5.91 Å². The zero-order valence-electron chi connectivity index (χ0n) is 17.0. The highest BCUT2D eigenvalue weighted by Crippen LogP contribution is 2.21. The molecule has 0 spiro atoms. The van der Waals surface area contributed by atoms with E-state index in [0.29, 0.717) is 22.8 Å². The first-order valence-electron chi connectivity index (χ1n) is 9.74. The Labute approximate surface area is 181 Å². The van der Waals surface area contributed by atoms with E-state index in [0.717, 1.165) is 16.9 Å². The molecule has 0 aromatic heterocycles. The van der Waals surface area contributed by atoms with E-state index in [1.165, 1.54) is 0 Å². The van der Waals surface area contributed by atoms with E-state index in [4.69, 9.17) is 11.6 Å². The number of benzene rings is 3. The average molecular weight is 422 g/mol. The van der Waals surface area contributed by atoms with Crippen molar-refractivity contribution in [3.63, 3.8) is 0 Å². The van der Waals surface area contributed by atoms with Crippen LogP contribution in [0.2, 0.25) is 5.02 Å². The van der Waals surface area contributed by atoms with Crippen LogP contribution in [0.5, 0.6) is 0 Å². The highest BCUT2D eigenvalue weighted by Gasteiger charge is 2.16. The first-order chi connectivity index (χ1) is 14.5. The Bertz CT molecular complexity index is 1040. The molecule has 0 aliphatic heterocycles. The van der Waals surface area contributed by atoms with Crippen molar-refractivity contribution in [3.05, 3.63) is 88.9 Å². The maximum Gasteiger partial charge on any atom is 0.258 e. The molecule has 0 unspecified atom stereocenters. The van der Waals surface area contributed by atoms with Gasteiger partial charge in [-0.3, -0.25) is 9.59 Å². The van der Waals surface area contributed by atoms with Gasteiger partial charge in [0.1, 0.15) is 0 Å². The van der Waals surface area contributed by atoms with E-state index < -0.39 is 0 Å². The van der Waals surface area contributed by atoms with E-state index in [1.807, 2.05) is 50.2 Å². The molecule has 0 fully saturated rings. The highest BCUT2D eigenvalue weighted by molar-refractivity contribution is 6.30. The molecule has 0 aliphatic rings. The molecular formula is C24H24ClN3O2. The van der Waals surface area contributed by atoms with Crippen LogP contribution in [-0.2, 0) is 4.79 Å². The summed E-state index contributed by atoms with van der Waals surface area (Å²) in [6.45, 7) is 4.50. The number of para-hydroxylation sites is 1. The predicted octanol–water partition coefficient (Wildman–Crippen LogP) is 5.37. The smallest absolute Gasteiger partial charge is 0.258 e. The molecule has 6 heteroatoms. The van der Waals surface area contributed by atoms with Crippen molar-refractivity contribution in [1.29, 1.82) is 0 Å². The Kier molecular flexibility index (Phi) is 7.09.